The van der Waals surface area contributed by atoms with Gasteiger partial charge in [-0.2, -0.15) is 0 Å². The van der Waals surface area contributed by atoms with Crippen molar-refractivity contribution in [3.05, 3.63) is 0 Å². The number of likely N-dealkylation sites (N-methyl/N-ethyl adjacent to an activating group) is 2. The number of rotatable bonds is 13. The number of primary amides is 1. The molecule has 0 heterocycles. The van der Waals surface area contributed by atoms with Crippen LogP contribution in [0.25, 0.3) is 0 Å². The molecule has 30 heavy (non-hydrogen) atoms. The monoisotopic (exact) mass is 540 g/mol. The lowest BCUT2D eigenvalue weighted by molar-refractivity contribution is -0.144. The van der Waals surface area contributed by atoms with Crippen LogP contribution in [-0.2, 0) is 19.1 Å². The van der Waals surface area contributed by atoms with E-state index < -0.39 is 18.1 Å². The van der Waals surface area contributed by atoms with Gasteiger partial charge in [-0.05, 0) is 24.8 Å². The zero-order valence-corrected chi connectivity index (χ0v) is 22.1. The average molecular weight is 540 g/mol. The summed E-state index contributed by atoms with van der Waals surface area (Å²) in [4.78, 5) is 39.6. The number of carbonyl (C=O) groups excluding carboxylic acids is 3. The van der Waals surface area contributed by atoms with E-state index in [0.717, 1.165) is 6.42 Å². The fourth-order valence-corrected chi connectivity index (χ4v) is 4.67. The second-order valence-corrected chi connectivity index (χ2v) is 10.2. The molecule has 0 aromatic heterocycles. The van der Waals surface area contributed by atoms with E-state index in [1.807, 2.05) is 51.7 Å². The quantitative estimate of drug-likeness (QED) is 0.275. The van der Waals surface area contributed by atoms with Gasteiger partial charge in [-0.15, -0.1) is 0 Å². The van der Waals surface area contributed by atoms with Gasteiger partial charge in [-0.1, -0.05) is 48.0 Å². The molecule has 0 spiro atoms. The fraction of sp³-hybridized carbons (Fsp3) is 0.857. The standard InChI is InChI=1S/C21H41IN4O4/c1-10-14(6)19(15(30-9)11-16(23)27)25(7)21(29)17(12(2)3)24-20(28)18(13(4)5)26(8)22/h12-15,17-19H,10-11H2,1-9H3,(H2,23,27)(H,24,28). The van der Waals surface area contributed by atoms with E-state index in [0.29, 0.717) is 0 Å². The average Bonchev–Trinajstić information content (AvgIpc) is 2.63. The van der Waals surface area contributed by atoms with E-state index in [9.17, 15) is 14.4 Å². The molecular weight excluding hydrogens is 499 g/mol. The molecule has 0 radical (unpaired) electrons. The molecule has 3 N–H and O–H groups in total. The van der Waals surface area contributed by atoms with Crippen LogP contribution >= 0.6 is 22.9 Å². The molecule has 5 atom stereocenters. The van der Waals surface area contributed by atoms with Gasteiger partial charge >= 0.3 is 0 Å². The Bertz CT molecular complexity index is 563. The summed E-state index contributed by atoms with van der Waals surface area (Å²) in [6.45, 7) is 11.8. The molecule has 176 valence electrons. The van der Waals surface area contributed by atoms with Crippen molar-refractivity contribution in [2.24, 2.45) is 23.5 Å². The molecule has 0 fully saturated rings. The molecule has 8 nitrogen and oxygen atoms in total. The van der Waals surface area contributed by atoms with Crippen LogP contribution in [0.4, 0.5) is 0 Å². The largest absolute Gasteiger partial charge is 0.379 e. The minimum atomic E-state index is -0.683. The van der Waals surface area contributed by atoms with Gasteiger partial charge in [-0.3, -0.25) is 14.4 Å². The molecule has 0 aliphatic rings. The van der Waals surface area contributed by atoms with Gasteiger partial charge in [0.2, 0.25) is 17.7 Å². The molecule has 0 saturated heterocycles. The number of nitrogens with one attached hydrogen (secondary N) is 1. The Balaban J connectivity index is 5.80. The number of nitrogens with two attached hydrogens (primary N) is 1. The Hall–Kier alpha value is -0.940. The Morgan fingerprint density at radius 2 is 1.60 bits per heavy atom. The first-order valence-electron chi connectivity index (χ1n) is 10.6. The maximum atomic E-state index is 13.5. The molecule has 0 saturated carbocycles. The maximum Gasteiger partial charge on any atom is 0.245 e. The normalized spacial score (nSPS) is 16.8. The van der Waals surface area contributed by atoms with E-state index in [2.05, 4.69) is 28.2 Å². The number of amides is 3. The van der Waals surface area contributed by atoms with Gasteiger partial charge in [0, 0.05) is 37.0 Å². The van der Waals surface area contributed by atoms with Crippen LogP contribution in [0.5, 0.6) is 0 Å². The third kappa shape index (κ3) is 8.30. The smallest absolute Gasteiger partial charge is 0.245 e. The Morgan fingerprint density at radius 3 is 1.93 bits per heavy atom. The van der Waals surface area contributed by atoms with E-state index in [1.54, 1.807) is 11.9 Å². The van der Waals surface area contributed by atoms with E-state index in [1.165, 1.54) is 7.11 Å². The van der Waals surface area contributed by atoms with Gasteiger partial charge in [0.1, 0.15) is 12.1 Å². The number of halogens is 1. The highest BCUT2D eigenvalue weighted by Gasteiger charge is 2.38. The minimum absolute atomic E-state index is 0.0247. The zero-order chi connectivity index (χ0) is 23.8. The van der Waals surface area contributed by atoms with Crippen molar-refractivity contribution < 1.29 is 19.1 Å². The van der Waals surface area contributed by atoms with Crippen molar-refractivity contribution in [3.63, 3.8) is 0 Å². The highest BCUT2D eigenvalue weighted by Crippen LogP contribution is 2.23. The molecular formula is C21H41IN4O4. The van der Waals surface area contributed by atoms with Gasteiger partial charge < -0.3 is 20.7 Å². The molecule has 0 aliphatic carbocycles. The second kappa shape index (κ2) is 13.5. The van der Waals surface area contributed by atoms with Crippen molar-refractivity contribution in [2.75, 3.05) is 21.2 Å². The summed E-state index contributed by atoms with van der Waals surface area (Å²) in [7, 11) is 5.07. The molecule has 3 amide bonds. The summed E-state index contributed by atoms with van der Waals surface area (Å²) >= 11 is 2.10. The predicted octanol–water partition coefficient (Wildman–Crippen LogP) is 2.20. The third-order valence-electron chi connectivity index (χ3n) is 5.62. The molecule has 0 bridgehead atoms. The van der Waals surface area contributed by atoms with Gasteiger partial charge in [-0.25, -0.2) is 3.11 Å². The van der Waals surface area contributed by atoms with Gasteiger partial charge in [0.15, 0.2) is 0 Å². The number of methoxy groups -OCH3 is 1. The summed E-state index contributed by atoms with van der Waals surface area (Å²) in [5, 5.41) is 2.96. The van der Waals surface area contributed by atoms with Crippen LogP contribution in [0.15, 0.2) is 0 Å². The first-order chi connectivity index (χ1) is 13.8. The third-order valence-corrected chi connectivity index (χ3v) is 6.22. The topological polar surface area (TPSA) is 105 Å². The predicted molar refractivity (Wildman–Crippen MR) is 128 cm³/mol. The summed E-state index contributed by atoms with van der Waals surface area (Å²) in [5.74, 6) is -0.790. The van der Waals surface area contributed by atoms with Crippen LogP contribution in [0.1, 0.15) is 54.4 Å². The first-order valence-corrected chi connectivity index (χ1v) is 11.5. The summed E-state index contributed by atoms with van der Waals surface area (Å²) in [5.41, 5.74) is 5.40. The lowest BCUT2D eigenvalue weighted by Gasteiger charge is -2.40. The minimum Gasteiger partial charge on any atom is -0.379 e. The van der Waals surface area contributed by atoms with Gasteiger partial charge in [0.05, 0.1) is 18.6 Å². The number of hydrogen-bond donors (Lipinski definition) is 2. The Kier molecular flexibility index (Phi) is 13.0. The molecule has 0 rings (SSSR count). The van der Waals surface area contributed by atoms with Crippen LogP contribution in [0.2, 0.25) is 0 Å². The van der Waals surface area contributed by atoms with E-state index >= 15 is 0 Å². The van der Waals surface area contributed by atoms with E-state index in [-0.39, 0.29) is 48.1 Å². The number of nitrogens with zero attached hydrogens (tertiary/aromatic N) is 2. The summed E-state index contributed by atoms with van der Waals surface area (Å²) in [6.07, 6.45) is 0.310. The number of ether oxygens (including phenoxy) is 1. The summed E-state index contributed by atoms with van der Waals surface area (Å²) in [6, 6.07) is -1.37. The number of hydrogen-bond acceptors (Lipinski definition) is 5. The zero-order valence-electron chi connectivity index (χ0n) is 19.9. The van der Waals surface area contributed by atoms with Crippen LogP contribution in [0, 0.1) is 17.8 Å². The van der Waals surface area contributed by atoms with Crippen molar-refractivity contribution in [2.45, 2.75) is 78.6 Å². The molecule has 5 unspecified atom stereocenters. The lowest BCUT2D eigenvalue weighted by Crippen LogP contribution is -2.59. The molecule has 9 heteroatoms. The fourth-order valence-electron chi connectivity index (χ4n) is 3.77. The highest BCUT2D eigenvalue weighted by atomic mass is 127. The highest BCUT2D eigenvalue weighted by molar-refractivity contribution is 14.1. The second-order valence-electron chi connectivity index (χ2n) is 8.71. The molecule has 0 aromatic rings. The van der Waals surface area contributed by atoms with E-state index in [4.69, 9.17) is 10.5 Å². The Labute approximate surface area is 196 Å². The van der Waals surface area contributed by atoms with Crippen molar-refractivity contribution in [3.8, 4) is 0 Å². The first kappa shape index (κ1) is 29.1. The van der Waals surface area contributed by atoms with Crippen LogP contribution in [0.3, 0.4) is 0 Å². The molecule has 0 aliphatic heterocycles. The van der Waals surface area contributed by atoms with Gasteiger partial charge in [0.25, 0.3) is 0 Å². The van der Waals surface area contributed by atoms with Crippen molar-refractivity contribution >= 4 is 40.6 Å². The Morgan fingerprint density at radius 1 is 1.07 bits per heavy atom. The van der Waals surface area contributed by atoms with Crippen LogP contribution < -0.4 is 11.1 Å². The molecule has 0 aromatic carbocycles. The number of carbonyl (C=O) groups is 3. The van der Waals surface area contributed by atoms with Crippen LogP contribution in [-0.4, -0.2) is 71.2 Å². The maximum absolute atomic E-state index is 13.5. The van der Waals surface area contributed by atoms with Crippen molar-refractivity contribution in [1.82, 2.24) is 13.3 Å². The van der Waals surface area contributed by atoms with Crippen molar-refractivity contribution in [1.29, 1.82) is 0 Å². The summed E-state index contributed by atoms with van der Waals surface area (Å²) < 4.78 is 7.38. The lowest BCUT2D eigenvalue weighted by atomic mass is 9.90. The SMILES string of the molecule is CCC(C)C(C(CC(N)=O)OC)N(C)C(=O)C(NC(=O)C(C(C)C)N(C)I)C(C)C.